The zero-order valence-corrected chi connectivity index (χ0v) is 14.1. The minimum absolute atomic E-state index is 0.0272. The first-order valence-electron chi connectivity index (χ1n) is 7.53. The zero-order chi connectivity index (χ0) is 16.7. The Morgan fingerprint density at radius 1 is 1.12 bits per heavy atom. The van der Waals surface area contributed by atoms with Gasteiger partial charge in [0.15, 0.2) is 0 Å². The van der Waals surface area contributed by atoms with Crippen LogP contribution in [0, 0.1) is 6.92 Å². The van der Waals surface area contributed by atoms with E-state index < -0.39 is 0 Å². The van der Waals surface area contributed by atoms with Crippen LogP contribution < -0.4 is 0 Å². The highest BCUT2D eigenvalue weighted by Gasteiger charge is 2.14. The second-order valence-electron chi connectivity index (χ2n) is 5.80. The van der Waals surface area contributed by atoms with E-state index in [1.54, 1.807) is 11.9 Å². The van der Waals surface area contributed by atoms with Crippen LogP contribution in [0.1, 0.15) is 21.7 Å². The maximum Gasteiger partial charge on any atom is 0.253 e. The molecule has 2 aromatic carbocycles. The molecule has 4 aromatic rings. The quantitative estimate of drug-likeness (QED) is 0.623. The van der Waals surface area contributed by atoms with Crippen molar-refractivity contribution in [1.82, 2.24) is 23.6 Å². The van der Waals surface area contributed by atoms with E-state index >= 15 is 0 Å². The fourth-order valence-corrected chi connectivity index (χ4v) is 3.28. The molecule has 0 fully saturated rings. The van der Waals surface area contributed by atoms with Crippen LogP contribution in [0.3, 0.4) is 0 Å². The molecule has 1 amide bonds. The molecule has 0 saturated heterocycles. The van der Waals surface area contributed by atoms with E-state index in [9.17, 15) is 4.79 Å². The van der Waals surface area contributed by atoms with E-state index in [0.29, 0.717) is 12.1 Å². The van der Waals surface area contributed by atoms with Crippen molar-refractivity contribution in [3.63, 3.8) is 0 Å². The number of H-pyrrole nitrogens is 1. The van der Waals surface area contributed by atoms with Gasteiger partial charge in [-0.1, -0.05) is 6.07 Å². The molecule has 0 spiro atoms. The second-order valence-corrected chi connectivity index (χ2v) is 6.33. The van der Waals surface area contributed by atoms with Crippen molar-refractivity contribution >= 4 is 39.7 Å². The molecule has 0 aliphatic rings. The van der Waals surface area contributed by atoms with Crippen LogP contribution in [0.15, 0.2) is 36.4 Å². The smallest absolute Gasteiger partial charge is 0.253 e. The first-order chi connectivity index (χ1) is 11.6. The van der Waals surface area contributed by atoms with Gasteiger partial charge in [-0.25, -0.2) is 4.98 Å². The number of hydrogen-bond donors (Lipinski definition) is 1. The molecule has 6 nitrogen and oxygen atoms in total. The number of carbonyl (C=O) groups excluding carboxylic acids is 1. The number of aromatic nitrogens is 4. The summed E-state index contributed by atoms with van der Waals surface area (Å²) in [4.78, 5) is 21.9. The standard InChI is InChI=1S/C17H15N5OS/c1-10-18-13-6-4-12(8-15(13)19-10)17(23)22(2)9-11-3-5-14-16(7-11)21-24-20-14/h3-8H,9H2,1-2H3,(H,18,19). The number of amides is 1. The molecular formula is C17H15N5OS. The molecule has 0 aliphatic heterocycles. The minimum Gasteiger partial charge on any atom is -0.342 e. The number of hydrogen-bond acceptors (Lipinski definition) is 5. The van der Waals surface area contributed by atoms with Gasteiger partial charge in [-0.2, -0.15) is 8.75 Å². The van der Waals surface area contributed by atoms with Gasteiger partial charge in [0.1, 0.15) is 16.9 Å². The third-order valence-electron chi connectivity index (χ3n) is 3.93. The van der Waals surface area contributed by atoms with Gasteiger partial charge in [0, 0.05) is 19.2 Å². The third kappa shape index (κ3) is 2.63. The third-order valence-corrected chi connectivity index (χ3v) is 4.49. The van der Waals surface area contributed by atoms with Gasteiger partial charge in [-0.3, -0.25) is 4.79 Å². The number of aryl methyl sites for hydroxylation is 1. The highest BCUT2D eigenvalue weighted by atomic mass is 32.1. The van der Waals surface area contributed by atoms with Gasteiger partial charge in [-0.05, 0) is 42.8 Å². The topological polar surface area (TPSA) is 74.8 Å². The van der Waals surface area contributed by atoms with Crippen molar-refractivity contribution in [3.05, 3.63) is 53.3 Å². The van der Waals surface area contributed by atoms with Gasteiger partial charge in [0.25, 0.3) is 5.91 Å². The average Bonchev–Trinajstić information content (AvgIpc) is 3.17. The van der Waals surface area contributed by atoms with Crippen LogP contribution in [0.4, 0.5) is 0 Å². The Balaban J connectivity index is 1.57. The molecule has 4 rings (SSSR count). The summed E-state index contributed by atoms with van der Waals surface area (Å²) >= 11 is 1.20. The number of rotatable bonds is 3. The van der Waals surface area contributed by atoms with Crippen LogP contribution in [0.5, 0.6) is 0 Å². The number of carbonyl (C=O) groups is 1. The minimum atomic E-state index is -0.0272. The largest absolute Gasteiger partial charge is 0.342 e. The van der Waals surface area contributed by atoms with E-state index in [0.717, 1.165) is 33.5 Å². The Bertz CT molecular complexity index is 1050. The summed E-state index contributed by atoms with van der Waals surface area (Å²) in [5.41, 5.74) is 5.18. The van der Waals surface area contributed by atoms with Crippen molar-refractivity contribution in [2.24, 2.45) is 0 Å². The van der Waals surface area contributed by atoms with E-state index in [1.807, 2.05) is 43.3 Å². The number of fused-ring (bicyclic) bond motifs is 2. The molecule has 0 unspecified atom stereocenters. The zero-order valence-electron chi connectivity index (χ0n) is 13.3. The fraction of sp³-hybridized carbons (Fsp3) is 0.176. The lowest BCUT2D eigenvalue weighted by Gasteiger charge is -2.17. The fourth-order valence-electron chi connectivity index (χ4n) is 2.76. The summed E-state index contributed by atoms with van der Waals surface area (Å²) in [6.07, 6.45) is 0. The molecule has 0 saturated carbocycles. The van der Waals surface area contributed by atoms with Gasteiger partial charge < -0.3 is 9.88 Å². The van der Waals surface area contributed by atoms with E-state index in [-0.39, 0.29) is 5.91 Å². The van der Waals surface area contributed by atoms with Crippen LogP contribution in [-0.2, 0) is 6.54 Å². The van der Waals surface area contributed by atoms with Crippen LogP contribution in [-0.4, -0.2) is 36.6 Å². The van der Waals surface area contributed by atoms with Crippen molar-refractivity contribution in [3.8, 4) is 0 Å². The van der Waals surface area contributed by atoms with Gasteiger partial charge >= 0.3 is 0 Å². The summed E-state index contributed by atoms with van der Waals surface area (Å²) in [7, 11) is 1.80. The van der Waals surface area contributed by atoms with Crippen molar-refractivity contribution in [2.75, 3.05) is 7.05 Å². The predicted molar refractivity (Wildman–Crippen MR) is 94.0 cm³/mol. The van der Waals surface area contributed by atoms with Crippen LogP contribution in [0.25, 0.3) is 22.1 Å². The van der Waals surface area contributed by atoms with Gasteiger partial charge in [-0.15, -0.1) is 0 Å². The Kier molecular flexibility index (Phi) is 3.50. The number of benzene rings is 2. The van der Waals surface area contributed by atoms with Gasteiger partial charge in [0.2, 0.25) is 0 Å². The first-order valence-corrected chi connectivity index (χ1v) is 8.26. The molecule has 7 heteroatoms. The predicted octanol–water partition coefficient (Wildman–Crippen LogP) is 3.15. The number of nitrogens with zero attached hydrogens (tertiary/aromatic N) is 4. The lowest BCUT2D eigenvalue weighted by molar-refractivity contribution is 0.0785. The average molecular weight is 337 g/mol. The molecule has 2 heterocycles. The molecule has 24 heavy (non-hydrogen) atoms. The molecule has 0 radical (unpaired) electrons. The van der Waals surface area contributed by atoms with Crippen molar-refractivity contribution in [2.45, 2.75) is 13.5 Å². The monoisotopic (exact) mass is 337 g/mol. The van der Waals surface area contributed by atoms with Gasteiger partial charge in [0.05, 0.1) is 22.8 Å². The molecule has 0 bridgehead atoms. The Labute approximate surface area is 142 Å². The van der Waals surface area contributed by atoms with Crippen LogP contribution >= 0.6 is 11.7 Å². The maximum absolute atomic E-state index is 12.7. The SMILES string of the molecule is Cc1nc2ccc(C(=O)N(C)Cc3ccc4nsnc4c3)cc2[nH]1. The summed E-state index contributed by atoms with van der Waals surface area (Å²) in [6.45, 7) is 2.42. The highest BCUT2D eigenvalue weighted by Crippen LogP contribution is 2.17. The second kappa shape index (κ2) is 5.68. The van der Waals surface area contributed by atoms with E-state index in [2.05, 4.69) is 18.7 Å². The number of imidazole rings is 1. The summed E-state index contributed by atoms with van der Waals surface area (Å²) < 4.78 is 8.44. The number of aromatic amines is 1. The molecule has 120 valence electrons. The Morgan fingerprint density at radius 2 is 1.92 bits per heavy atom. The first kappa shape index (κ1) is 14.8. The number of nitrogens with one attached hydrogen (secondary N) is 1. The van der Waals surface area contributed by atoms with Crippen LogP contribution in [0.2, 0.25) is 0 Å². The van der Waals surface area contributed by atoms with E-state index in [1.165, 1.54) is 11.7 Å². The lowest BCUT2D eigenvalue weighted by Crippen LogP contribution is -2.26. The molecule has 2 aromatic heterocycles. The molecule has 0 aliphatic carbocycles. The maximum atomic E-state index is 12.7. The Hall–Kier alpha value is -2.80. The highest BCUT2D eigenvalue weighted by molar-refractivity contribution is 7.00. The normalized spacial score (nSPS) is 11.2. The summed E-state index contributed by atoms with van der Waals surface area (Å²) in [5.74, 6) is 0.814. The Morgan fingerprint density at radius 3 is 2.79 bits per heavy atom. The molecular weight excluding hydrogens is 322 g/mol. The molecule has 0 atom stereocenters. The lowest BCUT2D eigenvalue weighted by atomic mass is 10.1. The van der Waals surface area contributed by atoms with E-state index in [4.69, 9.17) is 0 Å². The molecule has 1 N–H and O–H groups in total. The van der Waals surface area contributed by atoms with Crippen molar-refractivity contribution < 1.29 is 4.79 Å². The summed E-state index contributed by atoms with van der Waals surface area (Å²) in [6, 6.07) is 11.4. The summed E-state index contributed by atoms with van der Waals surface area (Å²) in [5, 5.41) is 0. The van der Waals surface area contributed by atoms with Crippen molar-refractivity contribution in [1.29, 1.82) is 0 Å².